The second-order valence-electron chi connectivity index (χ2n) is 13.5. The molecule has 2 rings (SSSR count). The van der Waals surface area contributed by atoms with E-state index in [4.69, 9.17) is 10.2 Å². The van der Waals surface area contributed by atoms with Crippen LogP contribution in [-0.2, 0) is 58.0 Å². The molecule has 0 radical (unpaired) electrons. The number of carboxylic acids is 5. The monoisotopic (exact) mass is 881 g/mol. The van der Waals surface area contributed by atoms with E-state index in [9.17, 15) is 71.7 Å². The number of rotatable bonds is 27. The summed E-state index contributed by atoms with van der Waals surface area (Å²) in [6.07, 6.45) is -5.47. The number of amides is 5. The van der Waals surface area contributed by atoms with Gasteiger partial charge in [-0.3, -0.25) is 43.2 Å². The summed E-state index contributed by atoms with van der Waals surface area (Å²) in [5, 5.41) is 57.5. The standard InChI is InChI=1S/C36H47N7O17S/c1-43(2)25-7-3-6-20-19(25)5-4-8-26(20)61(59,60)38-18-27(44)37-17-28(45)39-21(9-13-29(46)47)33(54)40-22(10-14-30(48)49)34(55)41-23(11-15-31(50)51)35(56)42-24(36(57)58)12-16-32(52)53/h3-8,21-24,38H,9-18H2,1-2H3,(H,37,44)(H,39,45)(H,40,54)(H,41,55)(H,42,56)(H,46,47)(H,48,49)(H,50,51)(H,52,53)(H,57,58)/t21-,22-,23-,24-/m0/s1. The van der Waals surface area contributed by atoms with E-state index in [1.165, 1.54) is 12.1 Å². The van der Waals surface area contributed by atoms with Crippen LogP contribution in [0.15, 0.2) is 41.3 Å². The first kappa shape index (κ1) is 50.3. The Labute approximate surface area is 347 Å². The summed E-state index contributed by atoms with van der Waals surface area (Å²) in [6, 6.07) is 2.46. The molecular formula is C36H47N7O17S. The molecule has 0 saturated heterocycles. The Morgan fingerprint density at radius 3 is 1.39 bits per heavy atom. The van der Waals surface area contributed by atoms with Crippen LogP contribution in [0.3, 0.4) is 0 Å². The predicted octanol–water partition coefficient (Wildman–Crippen LogP) is -2.22. The number of carboxylic acid groups (broad SMARTS) is 5. The minimum absolute atomic E-state index is 0.124. The van der Waals surface area contributed by atoms with Gasteiger partial charge in [0.2, 0.25) is 39.6 Å². The van der Waals surface area contributed by atoms with Gasteiger partial charge in [-0.15, -0.1) is 0 Å². The molecule has 24 nitrogen and oxygen atoms in total. The highest BCUT2D eigenvalue weighted by atomic mass is 32.2. The number of fused-ring (bicyclic) bond motifs is 1. The van der Waals surface area contributed by atoms with E-state index in [1.807, 2.05) is 5.32 Å². The first-order chi connectivity index (χ1) is 28.5. The molecule has 0 aliphatic heterocycles. The van der Waals surface area contributed by atoms with Gasteiger partial charge in [-0.25, -0.2) is 17.9 Å². The molecule has 0 aromatic heterocycles. The van der Waals surface area contributed by atoms with Gasteiger partial charge < -0.3 is 57.0 Å². The van der Waals surface area contributed by atoms with Crippen molar-refractivity contribution >= 4 is 85.9 Å². The zero-order valence-electron chi connectivity index (χ0n) is 32.8. The Morgan fingerprint density at radius 2 is 0.951 bits per heavy atom. The predicted molar refractivity (Wildman–Crippen MR) is 209 cm³/mol. The third-order valence-corrected chi connectivity index (χ3v) is 10.1. The average Bonchev–Trinajstić information content (AvgIpc) is 3.18. The number of anilines is 1. The number of benzene rings is 2. The van der Waals surface area contributed by atoms with Gasteiger partial charge in [0, 0.05) is 56.2 Å². The first-order valence-electron chi connectivity index (χ1n) is 18.3. The summed E-state index contributed by atoms with van der Waals surface area (Å²) in [6.45, 7) is -1.68. The lowest BCUT2D eigenvalue weighted by Gasteiger charge is -2.25. The molecule has 334 valence electrons. The van der Waals surface area contributed by atoms with Crippen molar-refractivity contribution in [3.63, 3.8) is 0 Å². The van der Waals surface area contributed by atoms with Crippen LogP contribution in [0.4, 0.5) is 5.69 Å². The molecule has 0 aliphatic rings. The SMILES string of the molecule is CN(C)c1cccc2c(S(=O)(=O)NCC(=O)NCC(=O)N[C@@H](CCC(=O)O)C(=O)N[C@@H](CCC(=O)O)C(=O)N[C@@H](CCC(=O)O)C(=O)N[C@@H](CCC(=O)O)C(=O)O)cccc12. The molecule has 25 heteroatoms. The van der Waals surface area contributed by atoms with Crippen molar-refractivity contribution in [1.82, 2.24) is 31.3 Å². The molecule has 0 spiro atoms. The molecule has 4 atom stereocenters. The van der Waals surface area contributed by atoms with E-state index in [-0.39, 0.29) is 4.90 Å². The molecule has 5 amide bonds. The minimum atomic E-state index is -4.27. The van der Waals surface area contributed by atoms with Gasteiger partial charge in [-0.2, -0.15) is 0 Å². The summed E-state index contributed by atoms with van der Waals surface area (Å²) >= 11 is 0. The third-order valence-electron chi connectivity index (χ3n) is 8.62. The van der Waals surface area contributed by atoms with Crippen LogP contribution in [0.5, 0.6) is 0 Å². The lowest BCUT2D eigenvalue weighted by atomic mass is 10.0. The molecule has 0 aliphatic carbocycles. The Hall–Kier alpha value is -6.89. The van der Waals surface area contributed by atoms with Crippen LogP contribution in [0.25, 0.3) is 10.8 Å². The Balaban J connectivity index is 2.18. The van der Waals surface area contributed by atoms with Crippen LogP contribution in [0, 0.1) is 0 Å². The summed E-state index contributed by atoms with van der Waals surface area (Å²) in [7, 11) is -0.715. The lowest BCUT2D eigenvalue weighted by Crippen LogP contribution is -2.58. The van der Waals surface area contributed by atoms with Gasteiger partial charge in [0.1, 0.15) is 24.2 Å². The number of nitrogens with one attached hydrogen (secondary N) is 6. The molecular weight excluding hydrogens is 834 g/mol. The molecule has 0 unspecified atom stereocenters. The second kappa shape index (κ2) is 23.6. The van der Waals surface area contributed by atoms with Crippen LogP contribution < -0.4 is 36.2 Å². The van der Waals surface area contributed by atoms with Gasteiger partial charge in [0.05, 0.1) is 18.0 Å². The van der Waals surface area contributed by atoms with E-state index >= 15 is 0 Å². The Kier molecular flexibility index (Phi) is 19.5. The van der Waals surface area contributed by atoms with Gasteiger partial charge in [0.25, 0.3) is 0 Å². The maximum atomic E-state index is 13.4. The number of nitrogens with zero attached hydrogens (tertiary/aromatic N) is 1. The van der Waals surface area contributed by atoms with Crippen molar-refractivity contribution in [3.8, 4) is 0 Å². The van der Waals surface area contributed by atoms with E-state index in [0.29, 0.717) is 10.8 Å². The largest absolute Gasteiger partial charge is 0.481 e. The van der Waals surface area contributed by atoms with E-state index < -0.39 is 158 Å². The highest BCUT2D eigenvalue weighted by molar-refractivity contribution is 7.89. The van der Waals surface area contributed by atoms with Crippen molar-refractivity contribution in [1.29, 1.82) is 0 Å². The van der Waals surface area contributed by atoms with Crippen LogP contribution >= 0.6 is 0 Å². The van der Waals surface area contributed by atoms with E-state index in [0.717, 1.165) is 5.69 Å². The topological polar surface area (TPSA) is 381 Å². The fraction of sp³-hybridized carbons (Fsp3) is 0.444. The normalized spacial score (nSPS) is 13.0. The molecule has 0 saturated carbocycles. The van der Waals surface area contributed by atoms with Crippen molar-refractivity contribution in [3.05, 3.63) is 36.4 Å². The highest BCUT2D eigenvalue weighted by Crippen LogP contribution is 2.30. The molecule has 0 heterocycles. The molecule has 0 bridgehead atoms. The fourth-order valence-corrected chi connectivity index (χ4v) is 6.77. The maximum Gasteiger partial charge on any atom is 0.326 e. The number of hydrogen-bond donors (Lipinski definition) is 11. The van der Waals surface area contributed by atoms with Crippen molar-refractivity contribution in [2.45, 2.75) is 80.4 Å². The zero-order chi connectivity index (χ0) is 46.0. The minimum Gasteiger partial charge on any atom is -0.481 e. The Morgan fingerprint density at radius 1 is 0.541 bits per heavy atom. The summed E-state index contributed by atoms with van der Waals surface area (Å²) in [5.74, 6) is -13.2. The second-order valence-corrected chi connectivity index (χ2v) is 15.2. The molecule has 2 aromatic carbocycles. The quantitative estimate of drug-likeness (QED) is 0.0453. The number of carbonyl (C=O) groups is 10. The fourth-order valence-electron chi connectivity index (χ4n) is 5.57. The maximum absolute atomic E-state index is 13.4. The van der Waals surface area contributed by atoms with Crippen molar-refractivity contribution in [2.24, 2.45) is 0 Å². The van der Waals surface area contributed by atoms with Crippen LogP contribution in [0.2, 0.25) is 0 Å². The summed E-state index contributed by atoms with van der Waals surface area (Å²) in [5.41, 5.74) is 0.735. The van der Waals surface area contributed by atoms with Gasteiger partial charge in [0.15, 0.2) is 0 Å². The van der Waals surface area contributed by atoms with Crippen molar-refractivity contribution < 1.29 is 81.9 Å². The number of carbonyl (C=O) groups excluding carboxylic acids is 5. The summed E-state index contributed by atoms with van der Waals surface area (Å²) in [4.78, 5) is 123. The molecule has 61 heavy (non-hydrogen) atoms. The first-order valence-corrected chi connectivity index (χ1v) is 19.8. The third kappa shape index (κ3) is 17.1. The van der Waals surface area contributed by atoms with Gasteiger partial charge in [-0.1, -0.05) is 24.3 Å². The zero-order valence-corrected chi connectivity index (χ0v) is 33.7. The smallest absolute Gasteiger partial charge is 0.326 e. The summed E-state index contributed by atoms with van der Waals surface area (Å²) < 4.78 is 28.5. The Bertz CT molecular complexity index is 2110. The van der Waals surface area contributed by atoms with Crippen LogP contribution in [-0.4, -0.2) is 145 Å². The average molecular weight is 882 g/mol. The van der Waals surface area contributed by atoms with Gasteiger partial charge in [-0.05, 0) is 37.8 Å². The molecule has 0 fully saturated rings. The number of aliphatic carboxylic acids is 5. The highest BCUT2D eigenvalue weighted by Gasteiger charge is 2.32. The molecule has 11 N–H and O–H groups in total. The number of hydrogen-bond acceptors (Lipinski definition) is 13. The number of sulfonamides is 1. The van der Waals surface area contributed by atoms with Crippen molar-refractivity contribution in [2.75, 3.05) is 32.1 Å². The van der Waals surface area contributed by atoms with Crippen LogP contribution in [0.1, 0.15) is 51.4 Å². The molecule has 2 aromatic rings. The van der Waals surface area contributed by atoms with Gasteiger partial charge >= 0.3 is 29.8 Å². The lowest BCUT2D eigenvalue weighted by molar-refractivity contribution is -0.144. The van der Waals surface area contributed by atoms with E-state index in [2.05, 4.69) is 26.0 Å². The van der Waals surface area contributed by atoms with E-state index in [1.54, 1.807) is 43.3 Å².